The molecular weight excluding hydrogens is 850 g/mol. The second-order valence-electron chi connectivity index (χ2n) is 21.9. The molecule has 0 unspecified atom stereocenters. The molecule has 1 aliphatic heterocycles. The van der Waals surface area contributed by atoms with Crippen LogP contribution in [0.4, 0.5) is 11.4 Å². The van der Waals surface area contributed by atoms with Gasteiger partial charge in [-0.3, -0.25) is 0 Å². The van der Waals surface area contributed by atoms with Crippen molar-refractivity contribution in [1.82, 2.24) is 9.55 Å². The fourth-order valence-corrected chi connectivity index (χ4v) is 11.8. The van der Waals surface area contributed by atoms with Crippen LogP contribution in [0.3, 0.4) is 0 Å². The van der Waals surface area contributed by atoms with Crippen LogP contribution < -0.4 is 16.2 Å². The maximum absolute atomic E-state index is 7.23. The van der Waals surface area contributed by atoms with Crippen LogP contribution in [0.25, 0.3) is 103 Å². The monoisotopic (exact) mass is 900 g/mol. The SMILES string of the molecule is CC(C)(C)c1ccc(Nc2cc3sc4cc(C(C)(C)C)ccc4c3cc2-c2c3c4c(c5cc(C(C)(C)C)ccc5n4-c4cc5oc(-c6ccccc6)nc5cc4[B]3)c3oc4ccccc4c23)cc1. The number of nitrogens with one attached hydrogen (secondary N) is 1. The van der Waals surface area contributed by atoms with Gasteiger partial charge in [0.05, 0.1) is 16.4 Å². The normalized spacial score (nSPS) is 13.2. The first-order valence-electron chi connectivity index (χ1n) is 23.8. The van der Waals surface area contributed by atoms with E-state index >= 15 is 0 Å². The zero-order valence-corrected chi connectivity index (χ0v) is 40.8. The lowest BCUT2D eigenvalue weighted by molar-refractivity contribution is 0.590. The molecule has 8 aromatic carbocycles. The van der Waals surface area contributed by atoms with E-state index in [0.717, 1.165) is 94.1 Å². The second kappa shape index (κ2) is 14.2. The Hall–Kier alpha value is -7.09. The van der Waals surface area contributed by atoms with Gasteiger partial charge in [-0.05, 0) is 111 Å². The van der Waals surface area contributed by atoms with E-state index in [2.05, 4.69) is 201 Å². The Morgan fingerprint density at radius 1 is 0.574 bits per heavy atom. The molecule has 12 aromatic rings. The molecule has 7 heteroatoms. The minimum absolute atomic E-state index is 0.0341. The predicted molar refractivity (Wildman–Crippen MR) is 290 cm³/mol. The Kier molecular flexibility index (Phi) is 8.60. The van der Waals surface area contributed by atoms with Crippen LogP contribution in [-0.4, -0.2) is 16.8 Å². The van der Waals surface area contributed by atoms with Crippen LogP contribution in [-0.2, 0) is 16.2 Å². The molecule has 0 spiro atoms. The van der Waals surface area contributed by atoms with Gasteiger partial charge in [0, 0.05) is 70.6 Å². The summed E-state index contributed by atoms with van der Waals surface area (Å²) in [6.45, 7) is 20.6. The molecule has 0 aliphatic carbocycles. The van der Waals surface area contributed by atoms with Crippen LogP contribution in [0.2, 0.25) is 0 Å². The molecule has 5 heterocycles. The minimum atomic E-state index is -0.0690. The molecule has 1 aliphatic rings. The number of para-hydroxylation sites is 1. The van der Waals surface area contributed by atoms with Gasteiger partial charge in [0.15, 0.2) is 12.9 Å². The fourth-order valence-electron chi connectivity index (χ4n) is 10.6. The van der Waals surface area contributed by atoms with E-state index in [9.17, 15) is 0 Å². The lowest BCUT2D eigenvalue weighted by Crippen LogP contribution is -2.37. The molecule has 0 saturated heterocycles. The van der Waals surface area contributed by atoms with Crippen molar-refractivity contribution < 1.29 is 8.83 Å². The number of anilines is 2. The van der Waals surface area contributed by atoms with Gasteiger partial charge in [0.25, 0.3) is 0 Å². The average molecular weight is 901 g/mol. The fraction of sp³-hybridized carbons (Fsp3) is 0.197. The zero-order chi connectivity index (χ0) is 46.6. The number of hydrogen-bond acceptors (Lipinski definition) is 5. The topological polar surface area (TPSA) is 56.1 Å². The highest BCUT2D eigenvalue weighted by Crippen LogP contribution is 2.50. The molecular formula is C61H51BN3O2S. The van der Waals surface area contributed by atoms with Crippen LogP contribution in [0.5, 0.6) is 0 Å². The van der Waals surface area contributed by atoms with Gasteiger partial charge in [-0.25, -0.2) is 4.98 Å². The summed E-state index contributed by atoms with van der Waals surface area (Å²) < 4.78 is 18.8. The van der Waals surface area contributed by atoms with E-state index < -0.39 is 0 Å². The zero-order valence-electron chi connectivity index (χ0n) is 40.0. The molecule has 331 valence electrons. The van der Waals surface area contributed by atoms with Crippen molar-refractivity contribution in [2.24, 2.45) is 0 Å². The highest BCUT2D eigenvalue weighted by atomic mass is 32.1. The van der Waals surface area contributed by atoms with Gasteiger partial charge >= 0.3 is 0 Å². The first-order valence-corrected chi connectivity index (χ1v) is 24.6. The summed E-state index contributed by atoms with van der Waals surface area (Å²) in [6, 6.07) is 51.0. The third-order valence-electron chi connectivity index (χ3n) is 14.3. The quantitative estimate of drug-likeness (QED) is 0.179. The van der Waals surface area contributed by atoms with Crippen LogP contribution >= 0.6 is 11.3 Å². The molecule has 1 radical (unpaired) electrons. The Balaban J connectivity index is 1.17. The van der Waals surface area contributed by atoms with Crippen molar-refractivity contribution in [3.05, 3.63) is 156 Å². The molecule has 0 amide bonds. The number of aromatic nitrogens is 2. The van der Waals surface area contributed by atoms with Gasteiger partial charge in [0.1, 0.15) is 16.7 Å². The summed E-state index contributed by atoms with van der Waals surface area (Å²) >= 11 is 1.87. The molecule has 4 aromatic heterocycles. The smallest absolute Gasteiger partial charge is 0.227 e. The second-order valence-corrected chi connectivity index (χ2v) is 23.0. The van der Waals surface area contributed by atoms with Crippen molar-refractivity contribution in [1.29, 1.82) is 0 Å². The Labute approximate surface area is 400 Å². The van der Waals surface area contributed by atoms with Gasteiger partial charge in [0.2, 0.25) is 5.89 Å². The maximum Gasteiger partial charge on any atom is 0.227 e. The van der Waals surface area contributed by atoms with E-state index in [1.807, 2.05) is 29.5 Å². The first kappa shape index (κ1) is 41.1. The number of thiophene rings is 1. The number of rotatable bonds is 4. The molecule has 0 bridgehead atoms. The standard InChI is InChI=1S/C61H51BN3O2S/c1-59(2,3)34-19-23-37(24-20-34)63-44-31-51-40(38-25-21-36(61(7,8)9)28-50(38)68-51)29-41(44)52-53-39-17-13-14-18-48(39)66-57(53)54-42-27-35(60(4,5)6)22-26-46(42)65-47-32-49-45(30-43(47)62-55(52)56(54)65)64-58(67-49)33-15-11-10-12-16-33/h10-32,63H,1-9H3. The van der Waals surface area contributed by atoms with E-state index in [-0.39, 0.29) is 16.2 Å². The Morgan fingerprint density at radius 2 is 1.26 bits per heavy atom. The summed E-state index contributed by atoms with van der Waals surface area (Å²) in [5.74, 6) is 0.611. The number of hydrogen-bond donors (Lipinski definition) is 1. The molecule has 0 atom stereocenters. The highest BCUT2D eigenvalue weighted by molar-refractivity contribution is 7.25. The molecule has 68 heavy (non-hydrogen) atoms. The highest BCUT2D eigenvalue weighted by Gasteiger charge is 2.33. The summed E-state index contributed by atoms with van der Waals surface area (Å²) in [6.07, 6.45) is 0. The summed E-state index contributed by atoms with van der Waals surface area (Å²) in [5.41, 5.74) is 18.0. The van der Waals surface area contributed by atoms with Crippen LogP contribution in [0.1, 0.15) is 79.0 Å². The Morgan fingerprint density at radius 3 is 2.03 bits per heavy atom. The van der Waals surface area contributed by atoms with E-state index in [4.69, 9.17) is 13.8 Å². The molecule has 1 N–H and O–H groups in total. The van der Waals surface area contributed by atoms with E-state index in [1.54, 1.807) is 0 Å². The van der Waals surface area contributed by atoms with Gasteiger partial charge in [-0.1, -0.05) is 135 Å². The molecule has 0 saturated carbocycles. The average Bonchev–Trinajstić information content (AvgIpc) is 4.08. The summed E-state index contributed by atoms with van der Waals surface area (Å²) in [5, 5.41) is 11.0. The van der Waals surface area contributed by atoms with Crippen molar-refractivity contribution in [3.8, 4) is 28.3 Å². The van der Waals surface area contributed by atoms with Gasteiger partial charge in [-0.2, -0.15) is 0 Å². The summed E-state index contributed by atoms with van der Waals surface area (Å²) in [7, 11) is 2.40. The van der Waals surface area contributed by atoms with Gasteiger partial charge in [-0.15, -0.1) is 11.3 Å². The molecule has 13 rings (SSSR count). The number of fused-ring (bicyclic) bond motifs is 13. The van der Waals surface area contributed by atoms with E-state index in [0.29, 0.717) is 5.89 Å². The van der Waals surface area contributed by atoms with Crippen molar-refractivity contribution in [2.45, 2.75) is 78.6 Å². The van der Waals surface area contributed by atoms with Crippen LogP contribution in [0.15, 0.2) is 148 Å². The van der Waals surface area contributed by atoms with Crippen molar-refractivity contribution >= 4 is 116 Å². The molecule has 0 fully saturated rings. The third-order valence-corrected chi connectivity index (χ3v) is 15.4. The third kappa shape index (κ3) is 6.24. The van der Waals surface area contributed by atoms with Crippen molar-refractivity contribution in [3.63, 3.8) is 0 Å². The largest absolute Gasteiger partial charge is 0.455 e. The lowest BCUT2D eigenvalue weighted by atomic mass is 9.58. The Bertz CT molecular complexity index is 4070. The predicted octanol–water partition coefficient (Wildman–Crippen LogP) is 16.1. The summed E-state index contributed by atoms with van der Waals surface area (Å²) in [4.78, 5) is 5.09. The number of nitrogens with zero attached hydrogens (tertiary/aromatic N) is 2. The lowest BCUT2D eigenvalue weighted by Gasteiger charge is -2.25. The minimum Gasteiger partial charge on any atom is -0.455 e. The van der Waals surface area contributed by atoms with Crippen LogP contribution in [0, 0.1) is 0 Å². The van der Waals surface area contributed by atoms with Crippen molar-refractivity contribution in [2.75, 3.05) is 5.32 Å². The maximum atomic E-state index is 7.23. The number of furan rings is 1. The number of benzene rings is 8. The van der Waals surface area contributed by atoms with Gasteiger partial charge < -0.3 is 18.7 Å². The van der Waals surface area contributed by atoms with E-state index in [1.165, 1.54) is 42.2 Å². The molecule has 5 nitrogen and oxygen atoms in total. The number of oxazole rings is 1. The first-order chi connectivity index (χ1) is 32.6.